The molecule has 0 atom stereocenters. The molecule has 1 fully saturated rings. The maximum atomic E-state index is 4.61. The average molecular weight is 336 g/mol. The molecule has 20 heavy (non-hydrogen) atoms. The first kappa shape index (κ1) is 14.1. The van der Waals surface area contributed by atoms with Gasteiger partial charge < -0.3 is 4.90 Å². The summed E-state index contributed by atoms with van der Waals surface area (Å²) in [5, 5.41) is 5.82. The molecule has 0 unspecified atom stereocenters. The van der Waals surface area contributed by atoms with Crippen molar-refractivity contribution < 1.29 is 0 Å². The number of nitrogens with zero attached hydrogens (tertiary/aromatic N) is 3. The third kappa shape index (κ3) is 3.23. The summed E-state index contributed by atoms with van der Waals surface area (Å²) >= 11 is 3.55. The largest absolute Gasteiger partial charge is 0.303 e. The first-order chi connectivity index (χ1) is 9.84. The molecule has 0 saturated carbocycles. The molecule has 0 N–H and O–H groups in total. The molecule has 2 aromatic rings. The van der Waals surface area contributed by atoms with Gasteiger partial charge in [-0.15, -0.1) is 0 Å². The van der Waals surface area contributed by atoms with Crippen LogP contribution in [0, 0.1) is 0 Å². The van der Waals surface area contributed by atoms with Gasteiger partial charge in [0.25, 0.3) is 0 Å². The molecule has 1 aromatic heterocycles. The maximum Gasteiger partial charge on any atom is 0.135 e. The molecular formula is C16H22BrN3. The van der Waals surface area contributed by atoms with Crippen molar-refractivity contribution in [1.29, 1.82) is 0 Å². The van der Waals surface area contributed by atoms with Gasteiger partial charge in [0.15, 0.2) is 0 Å². The lowest BCUT2D eigenvalue weighted by Gasteiger charge is -2.19. The highest BCUT2D eigenvalue weighted by molar-refractivity contribution is 9.10. The molecule has 1 aliphatic rings. The molecule has 0 radical (unpaired) electrons. The predicted octanol–water partition coefficient (Wildman–Crippen LogP) is 4.06. The molecule has 0 aliphatic carbocycles. The number of para-hydroxylation sites is 1. The van der Waals surface area contributed by atoms with E-state index in [4.69, 9.17) is 0 Å². The van der Waals surface area contributed by atoms with Gasteiger partial charge >= 0.3 is 0 Å². The summed E-state index contributed by atoms with van der Waals surface area (Å²) in [6.45, 7) is 4.77. The van der Waals surface area contributed by atoms with Crippen molar-refractivity contribution in [3.63, 3.8) is 0 Å². The van der Waals surface area contributed by atoms with Crippen LogP contribution in [0.5, 0.6) is 0 Å². The molecule has 1 aliphatic heterocycles. The number of aryl methyl sites for hydroxylation is 1. The van der Waals surface area contributed by atoms with Crippen LogP contribution in [0.4, 0.5) is 0 Å². The van der Waals surface area contributed by atoms with Crippen LogP contribution >= 0.6 is 15.9 Å². The van der Waals surface area contributed by atoms with E-state index in [1.165, 1.54) is 62.6 Å². The number of likely N-dealkylation sites (tertiary alicyclic amines) is 1. The molecule has 4 heteroatoms. The lowest BCUT2D eigenvalue weighted by atomic mass is 10.2. The summed E-state index contributed by atoms with van der Waals surface area (Å²) in [4.78, 5) is 2.62. The molecule has 0 bridgehead atoms. The zero-order valence-electron chi connectivity index (χ0n) is 11.9. The zero-order chi connectivity index (χ0) is 13.8. The fourth-order valence-corrected chi connectivity index (χ4v) is 3.59. The van der Waals surface area contributed by atoms with Crippen molar-refractivity contribution in [2.45, 2.75) is 38.6 Å². The van der Waals surface area contributed by atoms with Gasteiger partial charge in [-0.05, 0) is 60.9 Å². The fourth-order valence-electron chi connectivity index (χ4n) is 3.06. The van der Waals surface area contributed by atoms with Crippen LogP contribution in [0.1, 0.15) is 32.1 Å². The highest BCUT2D eigenvalue weighted by Gasteiger charge is 2.10. The predicted molar refractivity (Wildman–Crippen MR) is 87.0 cm³/mol. The quantitative estimate of drug-likeness (QED) is 0.839. The average Bonchev–Trinajstić information content (AvgIpc) is 2.66. The van der Waals surface area contributed by atoms with Crippen molar-refractivity contribution in [3.05, 3.63) is 28.9 Å². The summed E-state index contributed by atoms with van der Waals surface area (Å²) in [6, 6.07) is 8.43. The molecule has 3 rings (SSSR count). The van der Waals surface area contributed by atoms with Crippen LogP contribution in [0.3, 0.4) is 0 Å². The van der Waals surface area contributed by atoms with E-state index in [9.17, 15) is 0 Å². The van der Waals surface area contributed by atoms with Crippen molar-refractivity contribution in [1.82, 2.24) is 14.7 Å². The van der Waals surface area contributed by atoms with Gasteiger partial charge in [0, 0.05) is 11.9 Å². The van der Waals surface area contributed by atoms with E-state index in [1.807, 2.05) is 0 Å². The highest BCUT2D eigenvalue weighted by Crippen LogP contribution is 2.23. The smallest absolute Gasteiger partial charge is 0.135 e. The topological polar surface area (TPSA) is 21.1 Å². The summed E-state index contributed by atoms with van der Waals surface area (Å²) in [5.41, 5.74) is 1.23. The maximum absolute atomic E-state index is 4.61. The van der Waals surface area contributed by atoms with Gasteiger partial charge in [0.05, 0.1) is 5.52 Å². The van der Waals surface area contributed by atoms with E-state index >= 15 is 0 Å². The monoisotopic (exact) mass is 335 g/mol. The molecular weight excluding hydrogens is 314 g/mol. The Balaban J connectivity index is 1.59. The number of rotatable bonds is 4. The van der Waals surface area contributed by atoms with Crippen LogP contribution in [0.15, 0.2) is 28.9 Å². The summed E-state index contributed by atoms with van der Waals surface area (Å²) in [5.74, 6) is 0. The van der Waals surface area contributed by atoms with Crippen LogP contribution < -0.4 is 0 Å². The molecule has 108 valence electrons. The minimum Gasteiger partial charge on any atom is -0.303 e. The van der Waals surface area contributed by atoms with Crippen molar-refractivity contribution >= 4 is 26.8 Å². The summed E-state index contributed by atoms with van der Waals surface area (Å²) in [6.07, 6.45) is 6.74. The third-order valence-electron chi connectivity index (χ3n) is 4.16. The Bertz CT molecular complexity index is 556. The number of halogens is 1. The Kier molecular flexibility index (Phi) is 4.73. The zero-order valence-corrected chi connectivity index (χ0v) is 13.5. The van der Waals surface area contributed by atoms with E-state index < -0.39 is 0 Å². The molecule has 1 aromatic carbocycles. The third-order valence-corrected chi connectivity index (χ3v) is 4.74. The fraction of sp³-hybridized carbons (Fsp3) is 0.562. The number of fused-ring (bicyclic) bond motifs is 1. The van der Waals surface area contributed by atoms with Crippen LogP contribution in [0.25, 0.3) is 10.9 Å². The lowest BCUT2D eigenvalue weighted by molar-refractivity contribution is 0.274. The van der Waals surface area contributed by atoms with Crippen molar-refractivity contribution in [2.24, 2.45) is 0 Å². The standard InChI is InChI=1S/C16H22BrN3/c17-16-14-8-3-4-9-15(14)20(18-16)13-7-12-19-10-5-1-2-6-11-19/h3-4,8-9H,1-2,5-7,10-13H2. The Morgan fingerprint density at radius 1 is 1.00 bits per heavy atom. The molecule has 2 heterocycles. The first-order valence-electron chi connectivity index (χ1n) is 7.68. The second kappa shape index (κ2) is 6.72. The van der Waals surface area contributed by atoms with Gasteiger partial charge in [-0.2, -0.15) is 5.10 Å². The van der Waals surface area contributed by atoms with Crippen molar-refractivity contribution in [3.8, 4) is 0 Å². The second-order valence-electron chi connectivity index (χ2n) is 5.64. The van der Waals surface area contributed by atoms with Crippen LogP contribution in [-0.4, -0.2) is 34.3 Å². The second-order valence-corrected chi connectivity index (χ2v) is 6.39. The first-order valence-corrected chi connectivity index (χ1v) is 8.47. The Labute approximate surface area is 129 Å². The number of hydrogen-bond donors (Lipinski definition) is 0. The van der Waals surface area contributed by atoms with Crippen LogP contribution in [0.2, 0.25) is 0 Å². The minimum absolute atomic E-state index is 0.961. The molecule has 0 spiro atoms. The van der Waals surface area contributed by atoms with Crippen LogP contribution in [-0.2, 0) is 6.54 Å². The Hall–Kier alpha value is -0.870. The van der Waals surface area contributed by atoms with Crippen molar-refractivity contribution in [2.75, 3.05) is 19.6 Å². The van der Waals surface area contributed by atoms with E-state index in [0.29, 0.717) is 0 Å². The molecule has 1 saturated heterocycles. The normalized spacial score (nSPS) is 17.4. The molecule has 0 amide bonds. The number of aromatic nitrogens is 2. The van der Waals surface area contributed by atoms with Gasteiger partial charge in [0.2, 0.25) is 0 Å². The number of hydrogen-bond acceptors (Lipinski definition) is 2. The Morgan fingerprint density at radius 3 is 2.55 bits per heavy atom. The lowest BCUT2D eigenvalue weighted by Crippen LogP contribution is -2.26. The van der Waals surface area contributed by atoms with Gasteiger partial charge in [-0.1, -0.05) is 31.0 Å². The summed E-state index contributed by atoms with van der Waals surface area (Å²) < 4.78 is 3.10. The van der Waals surface area contributed by atoms with Gasteiger partial charge in [-0.25, -0.2) is 0 Å². The SMILES string of the molecule is Brc1nn(CCCN2CCCCCC2)c2ccccc12. The van der Waals surface area contributed by atoms with Gasteiger partial charge in [0.1, 0.15) is 4.60 Å². The summed E-state index contributed by atoms with van der Waals surface area (Å²) in [7, 11) is 0. The number of benzene rings is 1. The van der Waals surface area contributed by atoms with Gasteiger partial charge in [-0.3, -0.25) is 4.68 Å². The highest BCUT2D eigenvalue weighted by atomic mass is 79.9. The van der Waals surface area contributed by atoms with E-state index in [1.54, 1.807) is 0 Å². The van der Waals surface area contributed by atoms with E-state index in [-0.39, 0.29) is 0 Å². The minimum atomic E-state index is 0.961. The van der Waals surface area contributed by atoms with E-state index in [0.717, 1.165) is 11.1 Å². The van der Waals surface area contributed by atoms with E-state index in [2.05, 4.69) is 54.9 Å². The Morgan fingerprint density at radius 2 is 1.75 bits per heavy atom. The molecule has 3 nitrogen and oxygen atoms in total.